The largest absolute Gasteiger partial charge is 0.707 e. The van der Waals surface area contributed by atoms with Crippen LogP contribution in [0.4, 0.5) is 0 Å². The first-order valence-electron chi connectivity index (χ1n) is 7.31. The summed E-state index contributed by atoms with van der Waals surface area (Å²) in [6, 6.07) is 7.71. The van der Waals surface area contributed by atoms with Crippen LogP contribution in [0.25, 0.3) is 0 Å². The lowest BCUT2D eigenvalue weighted by Crippen LogP contribution is -2.20. The van der Waals surface area contributed by atoms with Crippen molar-refractivity contribution in [1.82, 2.24) is 0 Å². The molecule has 104 valence electrons. The van der Waals surface area contributed by atoms with Crippen LogP contribution in [0.2, 0.25) is 0 Å². The summed E-state index contributed by atoms with van der Waals surface area (Å²) in [5, 5.41) is 17.5. The number of hydrogen-bond donors (Lipinski definition) is 2. The maximum absolute atomic E-state index is 8.74. The van der Waals surface area contributed by atoms with E-state index in [9.17, 15) is 0 Å². The molecule has 0 aromatic heterocycles. The summed E-state index contributed by atoms with van der Waals surface area (Å²) >= 11 is 0. The molecular formula is C15H23BO3. The Labute approximate surface area is 115 Å². The van der Waals surface area contributed by atoms with Crippen LogP contribution in [0.5, 0.6) is 5.75 Å². The first-order valence-corrected chi connectivity index (χ1v) is 7.31. The van der Waals surface area contributed by atoms with E-state index in [1.54, 1.807) is 0 Å². The second-order valence-corrected chi connectivity index (χ2v) is 5.52. The van der Waals surface area contributed by atoms with Gasteiger partial charge in [0.2, 0.25) is 0 Å². The SMILES string of the molecule is CCCC1CCC(c2ccc(OB(O)O)cc2)CC1. The molecule has 0 bridgehead atoms. The molecule has 1 aliphatic carbocycles. The van der Waals surface area contributed by atoms with Gasteiger partial charge in [-0.15, -0.1) is 0 Å². The van der Waals surface area contributed by atoms with Crippen molar-refractivity contribution < 1.29 is 14.7 Å². The Morgan fingerprint density at radius 1 is 1.11 bits per heavy atom. The molecule has 1 saturated carbocycles. The Morgan fingerprint density at radius 3 is 2.26 bits per heavy atom. The van der Waals surface area contributed by atoms with Gasteiger partial charge in [-0.25, -0.2) is 0 Å². The molecule has 0 unspecified atom stereocenters. The molecule has 0 saturated heterocycles. The fourth-order valence-electron chi connectivity index (χ4n) is 3.13. The van der Waals surface area contributed by atoms with Crippen molar-refractivity contribution in [3.63, 3.8) is 0 Å². The van der Waals surface area contributed by atoms with E-state index >= 15 is 0 Å². The van der Waals surface area contributed by atoms with E-state index in [0.717, 1.165) is 5.92 Å². The highest BCUT2D eigenvalue weighted by atomic mass is 16.6. The fourth-order valence-corrected chi connectivity index (χ4v) is 3.13. The molecule has 3 nitrogen and oxygen atoms in total. The molecule has 19 heavy (non-hydrogen) atoms. The average Bonchev–Trinajstić information content (AvgIpc) is 2.40. The molecule has 1 aromatic rings. The Kier molecular flexibility index (Phi) is 5.29. The van der Waals surface area contributed by atoms with E-state index < -0.39 is 7.32 Å². The maximum Gasteiger partial charge on any atom is 0.707 e. The van der Waals surface area contributed by atoms with E-state index in [0.29, 0.717) is 11.7 Å². The summed E-state index contributed by atoms with van der Waals surface area (Å²) in [5.41, 5.74) is 1.34. The Hall–Kier alpha value is -0.995. The first kappa shape index (κ1) is 14.4. The highest BCUT2D eigenvalue weighted by Crippen LogP contribution is 2.37. The first-order chi connectivity index (χ1) is 9.19. The van der Waals surface area contributed by atoms with Crippen molar-refractivity contribution in [1.29, 1.82) is 0 Å². The second-order valence-electron chi connectivity index (χ2n) is 5.52. The third-order valence-corrected chi connectivity index (χ3v) is 4.14. The van der Waals surface area contributed by atoms with Gasteiger partial charge in [-0.1, -0.05) is 31.9 Å². The molecule has 0 spiro atoms. The highest BCUT2D eigenvalue weighted by Gasteiger charge is 2.21. The van der Waals surface area contributed by atoms with Crippen LogP contribution in [-0.2, 0) is 0 Å². The quantitative estimate of drug-likeness (QED) is 0.801. The van der Waals surface area contributed by atoms with Crippen molar-refractivity contribution in [3.8, 4) is 5.75 Å². The van der Waals surface area contributed by atoms with Crippen molar-refractivity contribution in [2.75, 3.05) is 0 Å². The van der Waals surface area contributed by atoms with Gasteiger partial charge in [0.25, 0.3) is 0 Å². The molecule has 1 aliphatic rings. The van der Waals surface area contributed by atoms with E-state index in [1.807, 2.05) is 24.3 Å². The minimum absolute atomic E-state index is 0.499. The molecule has 1 fully saturated rings. The van der Waals surface area contributed by atoms with Crippen molar-refractivity contribution in [3.05, 3.63) is 29.8 Å². The predicted octanol–water partition coefficient (Wildman–Crippen LogP) is 3.11. The van der Waals surface area contributed by atoms with Gasteiger partial charge < -0.3 is 14.7 Å². The van der Waals surface area contributed by atoms with Gasteiger partial charge in [0.15, 0.2) is 0 Å². The lowest BCUT2D eigenvalue weighted by Gasteiger charge is -2.28. The molecule has 0 atom stereocenters. The molecule has 0 radical (unpaired) electrons. The molecule has 0 aliphatic heterocycles. The maximum atomic E-state index is 8.74. The summed E-state index contributed by atoms with van der Waals surface area (Å²) in [4.78, 5) is 0. The van der Waals surface area contributed by atoms with Gasteiger partial charge in [-0.05, 0) is 55.2 Å². The molecular weight excluding hydrogens is 239 g/mol. The van der Waals surface area contributed by atoms with E-state index in [4.69, 9.17) is 14.7 Å². The summed E-state index contributed by atoms with van der Waals surface area (Å²) in [6.07, 6.45) is 7.89. The molecule has 0 heterocycles. The van der Waals surface area contributed by atoms with Crippen LogP contribution in [0, 0.1) is 5.92 Å². The highest BCUT2D eigenvalue weighted by molar-refractivity contribution is 6.33. The molecule has 1 aromatic carbocycles. The van der Waals surface area contributed by atoms with Crippen molar-refractivity contribution >= 4 is 7.32 Å². The third kappa shape index (κ3) is 4.25. The van der Waals surface area contributed by atoms with Crippen LogP contribution in [-0.4, -0.2) is 17.4 Å². The minimum Gasteiger partial charge on any atom is -0.512 e. The van der Waals surface area contributed by atoms with Gasteiger partial charge in [0.1, 0.15) is 5.75 Å². The van der Waals surface area contributed by atoms with Gasteiger partial charge in [0, 0.05) is 0 Å². The molecule has 2 rings (SSSR count). The van der Waals surface area contributed by atoms with Crippen LogP contribution in [0.3, 0.4) is 0 Å². The standard InChI is InChI=1S/C15H23BO3/c1-2-3-12-4-6-13(7-5-12)14-8-10-15(11-9-14)19-16(17)18/h8-13,17-18H,2-7H2,1H3. The number of benzene rings is 1. The van der Waals surface area contributed by atoms with E-state index in [-0.39, 0.29) is 0 Å². The van der Waals surface area contributed by atoms with Crippen molar-refractivity contribution in [2.45, 2.75) is 51.4 Å². The molecule has 2 N–H and O–H groups in total. The zero-order valence-electron chi connectivity index (χ0n) is 11.6. The summed E-state index contributed by atoms with van der Waals surface area (Å²) < 4.78 is 4.82. The van der Waals surface area contributed by atoms with Crippen LogP contribution in [0.1, 0.15) is 56.9 Å². The third-order valence-electron chi connectivity index (χ3n) is 4.14. The van der Waals surface area contributed by atoms with Gasteiger partial charge in [0.05, 0.1) is 0 Å². The normalized spacial score (nSPS) is 23.1. The van der Waals surface area contributed by atoms with Crippen LogP contribution >= 0.6 is 0 Å². The fraction of sp³-hybridized carbons (Fsp3) is 0.600. The zero-order valence-corrected chi connectivity index (χ0v) is 11.6. The van der Waals surface area contributed by atoms with Gasteiger partial charge in [-0.2, -0.15) is 0 Å². The average molecular weight is 262 g/mol. The lowest BCUT2D eigenvalue weighted by molar-refractivity contribution is 0.288. The Morgan fingerprint density at radius 2 is 1.74 bits per heavy atom. The topological polar surface area (TPSA) is 49.7 Å². The minimum atomic E-state index is -1.74. The summed E-state index contributed by atoms with van der Waals surface area (Å²) in [5.74, 6) is 2.08. The zero-order chi connectivity index (χ0) is 13.7. The van der Waals surface area contributed by atoms with Crippen LogP contribution in [0.15, 0.2) is 24.3 Å². The summed E-state index contributed by atoms with van der Waals surface area (Å²) in [7, 11) is -1.74. The van der Waals surface area contributed by atoms with Gasteiger partial charge in [-0.3, -0.25) is 0 Å². The number of hydrogen-bond acceptors (Lipinski definition) is 3. The number of rotatable bonds is 5. The van der Waals surface area contributed by atoms with Crippen molar-refractivity contribution in [2.24, 2.45) is 5.92 Å². The molecule has 4 heteroatoms. The van der Waals surface area contributed by atoms with Gasteiger partial charge >= 0.3 is 7.32 Å². The van der Waals surface area contributed by atoms with E-state index in [2.05, 4.69) is 6.92 Å². The monoisotopic (exact) mass is 262 g/mol. The lowest BCUT2D eigenvalue weighted by atomic mass is 9.77. The Balaban J connectivity index is 1.89. The Bertz CT molecular complexity index is 369. The van der Waals surface area contributed by atoms with Crippen LogP contribution < -0.4 is 4.65 Å². The smallest absolute Gasteiger partial charge is 0.512 e. The predicted molar refractivity (Wildman–Crippen MR) is 76.9 cm³/mol. The second kappa shape index (κ2) is 6.97. The van der Waals surface area contributed by atoms with E-state index in [1.165, 1.54) is 44.1 Å². The summed E-state index contributed by atoms with van der Waals surface area (Å²) in [6.45, 7) is 2.26. The molecule has 0 amide bonds.